The van der Waals surface area contributed by atoms with Crippen LogP contribution in [0.15, 0.2) is 0 Å². The van der Waals surface area contributed by atoms with E-state index in [2.05, 4.69) is 4.72 Å². The largest absolute Gasteiger partial charge is 0.378 e. The van der Waals surface area contributed by atoms with Crippen molar-refractivity contribution in [2.45, 2.75) is 6.04 Å². The summed E-state index contributed by atoms with van der Waals surface area (Å²) in [5, 5.41) is 0. The van der Waals surface area contributed by atoms with Gasteiger partial charge in [-0.3, -0.25) is 0 Å². The number of hydrogen-bond donors (Lipinski definition) is 2. The Morgan fingerprint density at radius 1 is 1.69 bits per heavy atom. The second-order valence-electron chi connectivity index (χ2n) is 2.78. The fourth-order valence-electron chi connectivity index (χ4n) is 1.26. The van der Waals surface area contributed by atoms with E-state index in [1.807, 2.05) is 0 Å². The molecule has 13 heavy (non-hydrogen) atoms. The van der Waals surface area contributed by atoms with Crippen molar-refractivity contribution in [2.75, 3.05) is 33.4 Å². The number of nitrogens with one attached hydrogen (secondary N) is 1. The van der Waals surface area contributed by atoms with Crippen molar-refractivity contribution in [3.8, 4) is 0 Å². The van der Waals surface area contributed by atoms with Crippen molar-refractivity contribution < 1.29 is 13.2 Å². The smallest absolute Gasteiger partial charge is 0.279 e. The maximum Gasteiger partial charge on any atom is 0.279 e. The van der Waals surface area contributed by atoms with E-state index >= 15 is 0 Å². The zero-order chi connectivity index (χ0) is 9.90. The van der Waals surface area contributed by atoms with Crippen molar-refractivity contribution >= 4 is 10.2 Å². The third kappa shape index (κ3) is 2.38. The molecule has 7 heteroatoms. The van der Waals surface area contributed by atoms with Gasteiger partial charge in [0.2, 0.25) is 0 Å². The van der Waals surface area contributed by atoms with Crippen molar-refractivity contribution in [3.05, 3.63) is 0 Å². The lowest BCUT2D eigenvalue weighted by Gasteiger charge is -2.33. The third-order valence-corrected chi connectivity index (χ3v) is 3.63. The van der Waals surface area contributed by atoms with Crippen LogP contribution in [0, 0.1) is 0 Å². The quantitative estimate of drug-likeness (QED) is 0.569. The Balaban J connectivity index is 2.75. The summed E-state index contributed by atoms with van der Waals surface area (Å²) in [5.41, 5.74) is 5.43. The van der Waals surface area contributed by atoms with E-state index in [1.165, 1.54) is 11.4 Å². The molecule has 0 aromatic heterocycles. The lowest BCUT2D eigenvalue weighted by molar-refractivity contribution is 0.0354. The predicted octanol–water partition coefficient (Wildman–Crippen LogP) is -1.89. The fraction of sp³-hybridized carbons (Fsp3) is 1.00. The van der Waals surface area contributed by atoms with E-state index < -0.39 is 10.2 Å². The number of nitrogens with zero attached hydrogens (tertiary/aromatic N) is 1. The molecule has 1 aliphatic rings. The molecule has 0 radical (unpaired) electrons. The van der Waals surface area contributed by atoms with Gasteiger partial charge in [-0.1, -0.05) is 0 Å². The molecule has 1 fully saturated rings. The third-order valence-electron chi connectivity index (χ3n) is 2.01. The van der Waals surface area contributed by atoms with Crippen LogP contribution >= 0.6 is 0 Å². The minimum atomic E-state index is -3.36. The average molecular weight is 209 g/mol. The first kappa shape index (κ1) is 10.9. The average Bonchev–Trinajstić information content (AvgIpc) is 2.18. The van der Waals surface area contributed by atoms with E-state index in [0.717, 1.165) is 0 Å². The Labute approximate surface area is 78.2 Å². The molecule has 0 aromatic carbocycles. The zero-order valence-corrected chi connectivity index (χ0v) is 8.38. The molecule has 1 heterocycles. The fourth-order valence-corrected chi connectivity index (χ4v) is 2.35. The molecule has 3 N–H and O–H groups in total. The van der Waals surface area contributed by atoms with Crippen LogP contribution in [0.1, 0.15) is 0 Å². The second-order valence-corrected chi connectivity index (χ2v) is 4.61. The van der Waals surface area contributed by atoms with Crippen molar-refractivity contribution in [2.24, 2.45) is 5.73 Å². The predicted molar refractivity (Wildman–Crippen MR) is 48.3 cm³/mol. The Morgan fingerprint density at radius 2 is 2.38 bits per heavy atom. The molecule has 1 rings (SSSR count). The Kier molecular flexibility index (Phi) is 3.63. The molecule has 0 amide bonds. The van der Waals surface area contributed by atoms with Gasteiger partial charge >= 0.3 is 0 Å². The van der Waals surface area contributed by atoms with Crippen LogP contribution in [0.5, 0.6) is 0 Å². The van der Waals surface area contributed by atoms with Gasteiger partial charge in [-0.15, -0.1) is 0 Å². The lowest BCUT2D eigenvalue weighted by atomic mass is 10.3. The van der Waals surface area contributed by atoms with Crippen LogP contribution in [-0.2, 0) is 14.9 Å². The Morgan fingerprint density at radius 3 is 2.92 bits per heavy atom. The van der Waals surface area contributed by atoms with Gasteiger partial charge in [0, 0.05) is 20.1 Å². The number of nitrogens with two attached hydrogens (primary N) is 1. The van der Waals surface area contributed by atoms with Crippen LogP contribution in [0.3, 0.4) is 0 Å². The summed E-state index contributed by atoms with van der Waals surface area (Å²) in [5.74, 6) is 0. The number of ether oxygens (including phenoxy) is 1. The van der Waals surface area contributed by atoms with Crippen molar-refractivity contribution in [3.63, 3.8) is 0 Å². The van der Waals surface area contributed by atoms with Crippen molar-refractivity contribution in [1.29, 1.82) is 0 Å². The number of hydrogen-bond acceptors (Lipinski definition) is 4. The summed E-state index contributed by atoms with van der Waals surface area (Å²) in [7, 11) is -1.97. The molecule has 6 nitrogen and oxygen atoms in total. The molecule has 1 unspecified atom stereocenters. The summed E-state index contributed by atoms with van der Waals surface area (Å²) < 4.78 is 31.6. The van der Waals surface area contributed by atoms with E-state index in [0.29, 0.717) is 19.8 Å². The van der Waals surface area contributed by atoms with E-state index in [1.54, 1.807) is 0 Å². The maximum absolute atomic E-state index is 11.4. The molecule has 1 aliphatic heterocycles. The zero-order valence-electron chi connectivity index (χ0n) is 7.56. The first-order chi connectivity index (χ1) is 6.11. The molecule has 0 aliphatic carbocycles. The molecule has 0 bridgehead atoms. The van der Waals surface area contributed by atoms with Gasteiger partial charge in [-0.05, 0) is 0 Å². The molecular formula is C6H15N3O3S. The Hall–Kier alpha value is -0.210. The van der Waals surface area contributed by atoms with E-state index in [9.17, 15) is 8.42 Å². The van der Waals surface area contributed by atoms with Gasteiger partial charge in [0.25, 0.3) is 10.2 Å². The minimum Gasteiger partial charge on any atom is -0.378 e. The molecule has 1 saturated heterocycles. The van der Waals surface area contributed by atoms with Gasteiger partial charge in [-0.2, -0.15) is 12.7 Å². The van der Waals surface area contributed by atoms with E-state index in [-0.39, 0.29) is 12.6 Å². The highest BCUT2D eigenvalue weighted by molar-refractivity contribution is 7.87. The highest BCUT2D eigenvalue weighted by Gasteiger charge is 2.30. The van der Waals surface area contributed by atoms with Gasteiger partial charge < -0.3 is 10.5 Å². The molecular weight excluding hydrogens is 194 g/mol. The van der Waals surface area contributed by atoms with Crippen molar-refractivity contribution in [1.82, 2.24) is 9.03 Å². The van der Waals surface area contributed by atoms with Crippen LogP contribution < -0.4 is 10.5 Å². The standard InChI is InChI=1S/C6H15N3O3S/c1-8-13(10,11)9-2-3-12-5-6(9)4-7/h6,8H,2-5,7H2,1H3. The molecule has 0 saturated carbocycles. The number of morpholine rings is 1. The van der Waals surface area contributed by atoms with E-state index in [4.69, 9.17) is 10.5 Å². The normalized spacial score (nSPS) is 26.2. The summed E-state index contributed by atoms with van der Waals surface area (Å²) >= 11 is 0. The molecule has 0 aromatic rings. The second kappa shape index (κ2) is 4.34. The summed E-state index contributed by atoms with van der Waals surface area (Å²) in [4.78, 5) is 0. The highest BCUT2D eigenvalue weighted by Crippen LogP contribution is 2.09. The van der Waals surface area contributed by atoms with Crippen LogP contribution in [-0.4, -0.2) is 52.1 Å². The van der Waals surface area contributed by atoms with Gasteiger partial charge in [0.05, 0.1) is 19.3 Å². The van der Waals surface area contributed by atoms with Crippen LogP contribution in [0.4, 0.5) is 0 Å². The summed E-state index contributed by atoms with van der Waals surface area (Å²) in [6.45, 7) is 1.45. The first-order valence-corrected chi connectivity index (χ1v) is 5.54. The SMILES string of the molecule is CNS(=O)(=O)N1CCOCC1CN. The lowest BCUT2D eigenvalue weighted by Crippen LogP contribution is -2.54. The monoisotopic (exact) mass is 209 g/mol. The molecule has 78 valence electrons. The maximum atomic E-state index is 11.4. The summed E-state index contributed by atoms with van der Waals surface area (Å²) in [6.07, 6.45) is 0. The van der Waals surface area contributed by atoms with Gasteiger partial charge in [0.1, 0.15) is 0 Å². The molecule has 1 atom stereocenters. The first-order valence-electron chi connectivity index (χ1n) is 4.10. The summed E-state index contributed by atoms with van der Waals surface area (Å²) in [6, 6.07) is -0.244. The van der Waals surface area contributed by atoms with Crippen LogP contribution in [0.2, 0.25) is 0 Å². The molecule has 0 spiro atoms. The number of rotatable bonds is 3. The topological polar surface area (TPSA) is 84.7 Å². The highest BCUT2D eigenvalue weighted by atomic mass is 32.2. The van der Waals surface area contributed by atoms with Gasteiger partial charge in [-0.25, -0.2) is 4.72 Å². The van der Waals surface area contributed by atoms with Gasteiger partial charge in [0.15, 0.2) is 0 Å². The Bertz CT molecular complexity index is 254. The van der Waals surface area contributed by atoms with Crippen LogP contribution in [0.25, 0.3) is 0 Å². The minimum absolute atomic E-state index is 0.244.